The van der Waals surface area contributed by atoms with Gasteiger partial charge in [0.1, 0.15) is 0 Å². The summed E-state index contributed by atoms with van der Waals surface area (Å²) in [7, 11) is 1.88. The molecule has 0 fully saturated rings. The van der Waals surface area contributed by atoms with Gasteiger partial charge in [0.25, 0.3) is 5.91 Å². The van der Waals surface area contributed by atoms with Gasteiger partial charge in [-0.2, -0.15) is 0 Å². The van der Waals surface area contributed by atoms with Gasteiger partial charge in [-0.25, -0.2) is 0 Å². The number of rotatable bonds is 6. The first kappa shape index (κ1) is 14.7. The highest BCUT2D eigenvalue weighted by molar-refractivity contribution is 5.94. The van der Waals surface area contributed by atoms with E-state index in [4.69, 9.17) is 5.73 Å². The molecule has 3 nitrogen and oxygen atoms in total. The first-order valence-electron chi connectivity index (χ1n) is 6.70. The van der Waals surface area contributed by atoms with E-state index >= 15 is 0 Å². The maximum Gasteiger partial charge on any atom is 0.253 e. The topological polar surface area (TPSA) is 46.3 Å². The molecule has 0 spiro atoms. The molecule has 0 saturated carbocycles. The van der Waals surface area contributed by atoms with Crippen LogP contribution in [0.5, 0.6) is 0 Å². The predicted molar refractivity (Wildman–Crippen MR) is 75.7 cm³/mol. The summed E-state index contributed by atoms with van der Waals surface area (Å²) >= 11 is 0. The van der Waals surface area contributed by atoms with Crippen LogP contribution in [-0.2, 0) is 6.42 Å². The first-order chi connectivity index (χ1) is 8.63. The van der Waals surface area contributed by atoms with Crippen LogP contribution in [0.25, 0.3) is 0 Å². The molecular formula is C15H24N2O. The maximum atomic E-state index is 12.3. The summed E-state index contributed by atoms with van der Waals surface area (Å²) in [6, 6.07) is 8.08. The molecule has 100 valence electrons. The molecule has 0 aliphatic carbocycles. The van der Waals surface area contributed by atoms with E-state index in [1.54, 1.807) is 0 Å². The third-order valence-corrected chi connectivity index (χ3v) is 3.44. The Labute approximate surface area is 110 Å². The fourth-order valence-corrected chi connectivity index (χ4v) is 2.19. The van der Waals surface area contributed by atoms with Gasteiger partial charge in [0.05, 0.1) is 0 Å². The van der Waals surface area contributed by atoms with E-state index in [-0.39, 0.29) is 5.91 Å². The number of hydrogen-bond donors (Lipinski definition) is 1. The van der Waals surface area contributed by atoms with Crippen LogP contribution in [0.2, 0.25) is 0 Å². The lowest BCUT2D eigenvalue weighted by Gasteiger charge is -2.26. The Morgan fingerprint density at radius 3 is 2.22 bits per heavy atom. The SMILES string of the molecule is CCC(CC)N(C)C(=O)c1ccc(CCN)cc1. The van der Waals surface area contributed by atoms with Crippen molar-refractivity contribution in [2.24, 2.45) is 5.73 Å². The minimum Gasteiger partial charge on any atom is -0.339 e. The molecule has 0 heterocycles. The molecular weight excluding hydrogens is 224 g/mol. The molecule has 0 aliphatic rings. The second-order valence-corrected chi connectivity index (χ2v) is 4.62. The van der Waals surface area contributed by atoms with Crippen molar-refractivity contribution in [3.05, 3.63) is 35.4 Å². The lowest BCUT2D eigenvalue weighted by Crippen LogP contribution is -2.36. The summed E-state index contributed by atoms with van der Waals surface area (Å²) < 4.78 is 0. The van der Waals surface area contributed by atoms with Gasteiger partial charge in [-0.15, -0.1) is 0 Å². The van der Waals surface area contributed by atoms with Gasteiger partial charge in [0.15, 0.2) is 0 Å². The van der Waals surface area contributed by atoms with Crippen LogP contribution < -0.4 is 5.73 Å². The van der Waals surface area contributed by atoms with Crippen molar-refractivity contribution < 1.29 is 4.79 Å². The van der Waals surface area contributed by atoms with E-state index < -0.39 is 0 Å². The fourth-order valence-electron chi connectivity index (χ4n) is 2.19. The van der Waals surface area contributed by atoms with Gasteiger partial charge in [0, 0.05) is 18.7 Å². The molecule has 2 N–H and O–H groups in total. The van der Waals surface area contributed by atoms with Gasteiger partial charge in [-0.1, -0.05) is 26.0 Å². The summed E-state index contributed by atoms with van der Waals surface area (Å²) in [5, 5.41) is 0. The monoisotopic (exact) mass is 248 g/mol. The zero-order valence-corrected chi connectivity index (χ0v) is 11.6. The number of nitrogens with zero attached hydrogens (tertiary/aromatic N) is 1. The lowest BCUT2D eigenvalue weighted by atomic mass is 10.1. The van der Waals surface area contributed by atoms with E-state index in [2.05, 4.69) is 13.8 Å². The zero-order valence-electron chi connectivity index (χ0n) is 11.6. The standard InChI is InChI=1S/C15H24N2O/c1-4-14(5-2)17(3)15(18)13-8-6-12(7-9-13)10-11-16/h6-9,14H,4-5,10-11,16H2,1-3H3. The van der Waals surface area contributed by atoms with Gasteiger partial charge < -0.3 is 10.6 Å². The summed E-state index contributed by atoms with van der Waals surface area (Å²) in [5.41, 5.74) is 7.44. The first-order valence-corrected chi connectivity index (χ1v) is 6.70. The van der Waals surface area contributed by atoms with Gasteiger partial charge >= 0.3 is 0 Å². The Bertz CT molecular complexity index is 369. The molecule has 0 aliphatic heterocycles. The highest BCUT2D eigenvalue weighted by Crippen LogP contribution is 2.12. The number of carbonyl (C=O) groups excluding carboxylic acids is 1. The average molecular weight is 248 g/mol. The van der Waals surface area contributed by atoms with Crippen molar-refractivity contribution in [1.82, 2.24) is 4.90 Å². The van der Waals surface area contributed by atoms with Crippen molar-refractivity contribution in [1.29, 1.82) is 0 Å². The quantitative estimate of drug-likeness (QED) is 0.840. The molecule has 0 unspecified atom stereocenters. The smallest absolute Gasteiger partial charge is 0.253 e. The van der Waals surface area contributed by atoms with E-state index in [0.29, 0.717) is 12.6 Å². The predicted octanol–water partition coefficient (Wildman–Crippen LogP) is 2.45. The molecule has 18 heavy (non-hydrogen) atoms. The van der Waals surface area contributed by atoms with Crippen LogP contribution in [0.3, 0.4) is 0 Å². The number of nitrogens with two attached hydrogens (primary N) is 1. The summed E-state index contributed by atoms with van der Waals surface area (Å²) in [5.74, 6) is 0.1000. The van der Waals surface area contributed by atoms with Crippen LogP contribution in [-0.4, -0.2) is 30.4 Å². The molecule has 0 radical (unpaired) electrons. The highest BCUT2D eigenvalue weighted by atomic mass is 16.2. The van der Waals surface area contributed by atoms with E-state index in [1.807, 2.05) is 36.2 Å². The molecule has 0 atom stereocenters. The second-order valence-electron chi connectivity index (χ2n) is 4.62. The van der Waals surface area contributed by atoms with Crippen LogP contribution in [0.1, 0.15) is 42.6 Å². The van der Waals surface area contributed by atoms with Gasteiger partial charge in [-0.05, 0) is 43.5 Å². The molecule has 1 aromatic rings. The molecule has 1 amide bonds. The third-order valence-electron chi connectivity index (χ3n) is 3.44. The molecule has 0 saturated heterocycles. The Morgan fingerprint density at radius 2 is 1.78 bits per heavy atom. The molecule has 0 bridgehead atoms. The number of hydrogen-bond acceptors (Lipinski definition) is 2. The molecule has 3 heteroatoms. The largest absolute Gasteiger partial charge is 0.339 e. The van der Waals surface area contributed by atoms with Crippen molar-refractivity contribution >= 4 is 5.91 Å². The van der Waals surface area contributed by atoms with E-state index in [1.165, 1.54) is 5.56 Å². The fraction of sp³-hybridized carbons (Fsp3) is 0.533. The second kappa shape index (κ2) is 7.17. The third kappa shape index (κ3) is 3.57. The van der Waals surface area contributed by atoms with E-state index in [9.17, 15) is 4.79 Å². The van der Waals surface area contributed by atoms with Crippen molar-refractivity contribution in [2.45, 2.75) is 39.2 Å². The van der Waals surface area contributed by atoms with Crippen molar-refractivity contribution in [3.8, 4) is 0 Å². The van der Waals surface area contributed by atoms with Crippen molar-refractivity contribution in [2.75, 3.05) is 13.6 Å². The number of carbonyl (C=O) groups is 1. The normalized spacial score (nSPS) is 10.7. The minimum absolute atomic E-state index is 0.1000. The Hall–Kier alpha value is -1.35. The highest BCUT2D eigenvalue weighted by Gasteiger charge is 2.17. The Kier molecular flexibility index (Phi) is 5.86. The van der Waals surface area contributed by atoms with Gasteiger partial charge in [0.2, 0.25) is 0 Å². The number of benzene rings is 1. The lowest BCUT2D eigenvalue weighted by molar-refractivity contribution is 0.0723. The Balaban J connectivity index is 2.77. The van der Waals surface area contributed by atoms with Crippen LogP contribution in [0.4, 0.5) is 0 Å². The van der Waals surface area contributed by atoms with E-state index in [0.717, 1.165) is 24.8 Å². The summed E-state index contributed by atoms with van der Waals surface area (Å²) in [6.45, 7) is 4.87. The minimum atomic E-state index is 0.1000. The van der Waals surface area contributed by atoms with Gasteiger partial charge in [-0.3, -0.25) is 4.79 Å². The van der Waals surface area contributed by atoms with Crippen LogP contribution >= 0.6 is 0 Å². The zero-order chi connectivity index (χ0) is 13.5. The molecule has 1 aromatic carbocycles. The van der Waals surface area contributed by atoms with Crippen molar-refractivity contribution in [3.63, 3.8) is 0 Å². The summed E-state index contributed by atoms with van der Waals surface area (Å²) in [6.07, 6.45) is 2.84. The average Bonchev–Trinajstić information content (AvgIpc) is 2.40. The number of amides is 1. The molecule has 1 rings (SSSR count). The van der Waals surface area contributed by atoms with Crippen LogP contribution in [0.15, 0.2) is 24.3 Å². The maximum absolute atomic E-state index is 12.3. The molecule has 0 aromatic heterocycles. The Morgan fingerprint density at radius 1 is 1.22 bits per heavy atom. The summed E-state index contributed by atoms with van der Waals surface area (Å²) in [4.78, 5) is 14.1. The van der Waals surface area contributed by atoms with Crippen LogP contribution in [0, 0.1) is 0 Å².